The van der Waals surface area contributed by atoms with Crippen LogP contribution in [0.5, 0.6) is 11.5 Å². The molecule has 7 rings (SSSR count). The Morgan fingerprint density at radius 1 is 1.02 bits per heavy atom. The first kappa shape index (κ1) is 43.4. The molecule has 17 heteroatoms. The first-order valence-corrected chi connectivity index (χ1v) is 20.0. The number of esters is 3. The minimum atomic E-state index is -2.21. The monoisotopic (exact) mass is 841 g/mol. The topological polar surface area (TPSA) is 228 Å². The van der Waals surface area contributed by atoms with E-state index in [1.54, 1.807) is 47.6 Å². The minimum absolute atomic E-state index is 0.0191. The lowest BCUT2D eigenvalue weighted by Gasteiger charge is -2.74. The number of aliphatic hydroxyl groups is 3. The summed E-state index contributed by atoms with van der Waals surface area (Å²) in [5, 5.41) is 40.2. The summed E-state index contributed by atoms with van der Waals surface area (Å²) >= 11 is 0. The number of carbonyl (C=O) groups is 4. The highest BCUT2D eigenvalue weighted by molar-refractivity contribution is 5.93. The first-order valence-electron chi connectivity index (χ1n) is 20.0. The molecule has 328 valence electrons. The van der Waals surface area contributed by atoms with E-state index in [9.17, 15) is 34.5 Å². The molecular formula is C43H55NO16. The highest BCUT2D eigenvalue weighted by Gasteiger charge is 2.81. The Morgan fingerprint density at radius 3 is 2.32 bits per heavy atom. The van der Waals surface area contributed by atoms with E-state index in [0.29, 0.717) is 17.7 Å². The Kier molecular flexibility index (Phi) is 10.9. The first-order chi connectivity index (χ1) is 28.0. The van der Waals surface area contributed by atoms with Crippen molar-refractivity contribution in [2.45, 2.75) is 134 Å². The van der Waals surface area contributed by atoms with E-state index in [2.05, 4.69) is 5.32 Å². The molecule has 17 nitrogen and oxygen atoms in total. The van der Waals surface area contributed by atoms with Gasteiger partial charge in [-0.2, -0.15) is 0 Å². The van der Waals surface area contributed by atoms with Gasteiger partial charge in [0.15, 0.2) is 11.7 Å². The van der Waals surface area contributed by atoms with Crippen LogP contribution in [0.3, 0.4) is 0 Å². The third kappa shape index (κ3) is 6.73. The van der Waals surface area contributed by atoms with Crippen LogP contribution in [0.15, 0.2) is 52.2 Å². The van der Waals surface area contributed by atoms with Gasteiger partial charge in [-0.3, -0.25) is 4.79 Å². The largest absolute Gasteiger partial charge is 0.497 e. The standard InChI is InChI=1S/C43H55NO16/c1-20-26(56-37(49)32(47)30(25-12-11-15-54-25)44-38(50)60-39(3,4)5)18-43(51)35(58-36(48)23-16-22(52-9)13-14-24(23)53-10)33-41(8)27(17-28-42(33,19-55-28)59-21(2)45)57-34(41)31(46)29(20)40(43,6)7/h11-16,26-28,30-35,46-47,51H,17-19H2,1-10H3,(H,44,50)/t26-,27+,28+,30-,31+,32+,33-,34-,35-,41+,42-,43+/m0/s1. The van der Waals surface area contributed by atoms with Gasteiger partial charge < -0.3 is 62.9 Å². The van der Waals surface area contributed by atoms with E-state index < -0.39 is 113 Å². The van der Waals surface area contributed by atoms with E-state index in [1.165, 1.54) is 51.7 Å². The normalized spacial score (nSPS) is 34.6. The number of hydrogen-bond acceptors (Lipinski definition) is 16. The molecule has 2 bridgehead atoms. The second kappa shape index (κ2) is 15.0. The summed E-state index contributed by atoms with van der Waals surface area (Å²) < 4.78 is 53.1. The average Bonchev–Trinajstić information content (AvgIpc) is 3.70. The van der Waals surface area contributed by atoms with Crippen LogP contribution in [-0.4, -0.2) is 120 Å². The molecule has 2 aliphatic heterocycles. The molecule has 5 aliphatic rings. The number of alkyl carbamates (subject to hydrolysis) is 1. The fourth-order valence-corrected chi connectivity index (χ4v) is 10.4. The molecule has 0 spiro atoms. The van der Waals surface area contributed by atoms with Gasteiger partial charge in [0.05, 0.1) is 45.2 Å². The summed E-state index contributed by atoms with van der Waals surface area (Å²) in [6, 6.07) is 6.06. The zero-order valence-corrected chi connectivity index (χ0v) is 35.4. The second-order valence-corrected chi connectivity index (χ2v) is 18.2. The Balaban J connectivity index is 1.35. The van der Waals surface area contributed by atoms with Crippen LogP contribution in [0.4, 0.5) is 4.79 Å². The van der Waals surface area contributed by atoms with Crippen LogP contribution in [0.25, 0.3) is 0 Å². The van der Waals surface area contributed by atoms with Crippen LogP contribution >= 0.6 is 0 Å². The lowest BCUT2D eigenvalue weighted by molar-refractivity contribution is -0.416. The van der Waals surface area contributed by atoms with E-state index in [-0.39, 0.29) is 29.3 Å². The van der Waals surface area contributed by atoms with Crippen molar-refractivity contribution in [3.8, 4) is 11.5 Å². The molecule has 2 aromatic rings. The van der Waals surface area contributed by atoms with Gasteiger partial charge in [0.2, 0.25) is 0 Å². The number of aliphatic hydroxyl groups excluding tert-OH is 2. The molecule has 1 amide bonds. The number of nitrogens with one attached hydrogen (secondary N) is 1. The van der Waals surface area contributed by atoms with E-state index >= 15 is 0 Å². The van der Waals surface area contributed by atoms with Gasteiger partial charge in [0.1, 0.15) is 64.5 Å². The number of fused-ring (bicyclic) bond motifs is 4. The summed E-state index contributed by atoms with van der Waals surface area (Å²) in [4.78, 5) is 54.6. The van der Waals surface area contributed by atoms with Crippen molar-refractivity contribution in [2.75, 3.05) is 20.8 Å². The number of amides is 1. The molecule has 60 heavy (non-hydrogen) atoms. The van der Waals surface area contributed by atoms with Crippen molar-refractivity contribution in [2.24, 2.45) is 16.7 Å². The fraction of sp³-hybridized carbons (Fsp3) is 0.628. The molecule has 4 fully saturated rings. The van der Waals surface area contributed by atoms with Crippen LogP contribution < -0.4 is 14.8 Å². The summed E-state index contributed by atoms with van der Waals surface area (Å²) in [6.45, 7) is 13.0. The summed E-state index contributed by atoms with van der Waals surface area (Å²) in [5.74, 6) is -3.34. The van der Waals surface area contributed by atoms with Crippen LogP contribution in [0.1, 0.15) is 90.4 Å². The van der Waals surface area contributed by atoms with Crippen LogP contribution in [-0.2, 0) is 38.0 Å². The van der Waals surface area contributed by atoms with E-state index in [4.69, 9.17) is 42.3 Å². The molecule has 3 heterocycles. The summed E-state index contributed by atoms with van der Waals surface area (Å²) in [5.41, 5.74) is -6.53. The van der Waals surface area contributed by atoms with Crippen molar-refractivity contribution < 1.29 is 76.8 Å². The van der Waals surface area contributed by atoms with Gasteiger partial charge in [-0.1, -0.05) is 20.8 Å². The van der Waals surface area contributed by atoms with Crippen molar-refractivity contribution >= 4 is 24.0 Å². The van der Waals surface area contributed by atoms with E-state index in [1.807, 2.05) is 6.92 Å². The average molecular weight is 842 g/mol. The highest BCUT2D eigenvalue weighted by Crippen LogP contribution is 2.69. The Morgan fingerprint density at radius 2 is 1.73 bits per heavy atom. The van der Waals surface area contributed by atoms with Crippen molar-refractivity contribution in [3.63, 3.8) is 0 Å². The van der Waals surface area contributed by atoms with Gasteiger partial charge in [0, 0.05) is 30.6 Å². The number of carbonyl (C=O) groups excluding carboxylic acids is 4. The third-order valence-electron chi connectivity index (χ3n) is 13.3. The molecule has 0 radical (unpaired) electrons. The Hall–Kier alpha value is -4.68. The molecule has 4 N–H and O–H groups in total. The SMILES string of the molecule is COc1ccc(OC)c(C(=O)O[C@H]2[C@@H]3[C@]4(OC(C)=O)CO[C@@H]4C[C@H]4O[C@@H]([C@H](O)C5=C(C)[C@@H](OC(=O)[C@H](O)[C@@H](NC(=O)OC(C)(C)C)c6ccco6)C[C@]2(O)C5(C)C)[C@@]34C)c1. The molecule has 1 aromatic carbocycles. The summed E-state index contributed by atoms with van der Waals surface area (Å²) in [6.07, 6.45) is -8.45. The van der Waals surface area contributed by atoms with E-state index in [0.717, 1.165) is 0 Å². The quantitative estimate of drug-likeness (QED) is 0.152. The lowest BCUT2D eigenvalue weighted by Crippen LogP contribution is -2.86. The summed E-state index contributed by atoms with van der Waals surface area (Å²) in [7, 11) is 2.82. The van der Waals surface area contributed by atoms with Crippen molar-refractivity contribution in [3.05, 3.63) is 59.1 Å². The fourth-order valence-electron chi connectivity index (χ4n) is 10.4. The lowest BCUT2D eigenvalue weighted by atomic mass is 9.42. The maximum atomic E-state index is 14.6. The third-order valence-corrected chi connectivity index (χ3v) is 13.3. The number of benzene rings is 1. The van der Waals surface area contributed by atoms with Gasteiger partial charge in [-0.05, 0) is 69.2 Å². The Labute approximate surface area is 347 Å². The predicted octanol–water partition coefficient (Wildman–Crippen LogP) is 3.71. The molecule has 12 atom stereocenters. The smallest absolute Gasteiger partial charge is 0.408 e. The van der Waals surface area contributed by atoms with Crippen molar-refractivity contribution in [1.29, 1.82) is 0 Å². The molecule has 2 saturated carbocycles. The number of furan rings is 1. The number of hydrogen-bond donors (Lipinski definition) is 4. The van der Waals surface area contributed by atoms with Crippen LogP contribution in [0, 0.1) is 16.7 Å². The highest BCUT2D eigenvalue weighted by atomic mass is 16.6. The Bertz CT molecular complexity index is 2060. The molecule has 2 saturated heterocycles. The molecule has 1 aromatic heterocycles. The zero-order valence-electron chi connectivity index (χ0n) is 35.4. The predicted molar refractivity (Wildman–Crippen MR) is 207 cm³/mol. The van der Waals surface area contributed by atoms with Gasteiger partial charge in [-0.25, -0.2) is 14.4 Å². The molecular weight excluding hydrogens is 786 g/mol. The molecule has 0 unspecified atom stereocenters. The van der Waals surface area contributed by atoms with Gasteiger partial charge >= 0.3 is 24.0 Å². The number of methoxy groups -OCH3 is 2. The van der Waals surface area contributed by atoms with Gasteiger partial charge in [-0.15, -0.1) is 0 Å². The number of rotatable bonds is 10. The van der Waals surface area contributed by atoms with Crippen LogP contribution in [0.2, 0.25) is 0 Å². The second-order valence-electron chi connectivity index (χ2n) is 18.2. The maximum Gasteiger partial charge on any atom is 0.408 e. The molecule has 3 aliphatic carbocycles. The minimum Gasteiger partial charge on any atom is -0.497 e. The zero-order chi connectivity index (χ0) is 43.9. The van der Waals surface area contributed by atoms with Crippen molar-refractivity contribution in [1.82, 2.24) is 5.32 Å². The van der Waals surface area contributed by atoms with Gasteiger partial charge in [0.25, 0.3) is 0 Å². The number of ether oxygens (including phenoxy) is 8. The maximum absolute atomic E-state index is 14.6.